The second-order valence-corrected chi connectivity index (χ2v) is 5.44. The van der Waals surface area contributed by atoms with E-state index in [1.165, 1.54) is 0 Å². The summed E-state index contributed by atoms with van der Waals surface area (Å²) >= 11 is 5.09. The van der Waals surface area contributed by atoms with Gasteiger partial charge < -0.3 is 9.55 Å². The molecule has 0 aliphatic rings. The van der Waals surface area contributed by atoms with E-state index < -0.39 is 5.51 Å². The van der Waals surface area contributed by atoms with E-state index in [-0.39, 0.29) is 24.1 Å². The van der Waals surface area contributed by atoms with Gasteiger partial charge in [0.15, 0.2) is 4.77 Å². The van der Waals surface area contributed by atoms with E-state index in [1.807, 2.05) is 25.1 Å². The molecule has 0 spiro atoms. The smallest absolute Gasteiger partial charge is 0.331 e. The quantitative estimate of drug-likeness (QED) is 0.853. The number of H-pyrrole nitrogens is 1. The lowest BCUT2D eigenvalue weighted by Crippen LogP contribution is -2.06. The third-order valence-corrected chi connectivity index (χ3v) is 3.55. The van der Waals surface area contributed by atoms with E-state index in [9.17, 15) is 13.2 Å². The van der Waals surface area contributed by atoms with Crippen molar-refractivity contribution in [1.82, 2.24) is 9.55 Å². The first-order chi connectivity index (χ1) is 8.37. The van der Waals surface area contributed by atoms with E-state index in [0.29, 0.717) is 4.77 Å². The van der Waals surface area contributed by atoms with Crippen LogP contribution in [-0.4, -0.2) is 20.8 Å². The lowest BCUT2D eigenvalue weighted by Gasteiger charge is -2.07. The van der Waals surface area contributed by atoms with Gasteiger partial charge in [0.1, 0.15) is 0 Å². The number of rotatable bonds is 3. The highest BCUT2D eigenvalue weighted by Crippen LogP contribution is 2.30. The molecule has 0 saturated heterocycles. The maximum atomic E-state index is 12.1. The number of aryl methyl sites for hydroxylation is 2. The van der Waals surface area contributed by atoms with E-state index >= 15 is 0 Å². The molecule has 0 aliphatic carbocycles. The second-order valence-electron chi connectivity index (χ2n) is 3.90. The van der Waals surface area contributed by atoms with Gasteiger partial charge in [0.2, 0.25) is 0 Å². The molecule has 0 unspecified atom stereocenters. The summed E-state index contributed by atoms with van der Waals surface area (Å²) in [5.74, 6) is -0.0430. The summed E-state index contributed by atoms with van der Waals surface area (Å²) in [7, 11) is 0. The van der Waals surface area contributed by atoms with Gasteiger partial charge in [-0.2, -0.15) is 13.2 Å². The Morgan fingerprint density at radius 1 is 1.39 bits per heavy atom. The number of nitrogens with one attached hydrogen (secondary N) is 1. The van der Waals surface area contributed by atoms with Crippen molar-refractivity contribution in [3.63, 3.8) is 0 Å². The van der Waals surface area contributed by atoms with Crippen molar-refractivity contribution in [2.24, 2.45) is 0 Å². The number of halogens is 3. The molecule has 1 aromatic heterocycles. The van der Waals surface area contributed by atoms with Gasteiger partial charge in [-0.05, 0) is 48.6 Å². The molecule has 0 atom stereocenters. The molecule has 1 N–H and O–H groups in total. The molecular weight excluding hydrogens is 281 g/mol. The number of benzene rings is 1. The molecule has 18 heavy (non-hydrogen) atoms. The molecule has 2 rings (SSSR count). The van der Waals surface area contributed by atoms with Gasteiger partial charge in [0.25, 0.3) is 0 Å². The standard InChI is InChI=1S/C11H11F3N2S2/c1-7-2-3-9-8(6-7)15-10(17)16(9)4-5-18-11(12,13)14/h2-3,6H,4-5H2,1H3,(H,15,17). The number of aromatic amines is 1. The number of hydrogen-bond donors (Lipinski definition) is 1. The lowest BCUT2D eigenvalue weighted by atomic mass is 10.2. The summed E-state index contributed by atoms with van der Waals surface area (Å²) in [6, 6.07) is 5.71. The number of thioether (sulfide) groups is 1. The third-order valence-electron chi connectivity index (χ3n) is 2.51. The largest absolute Gasteiger partial charge is 0.441 e. The molecule has 2 nitrogen and oxygen atoms in total. The molecular formula is C11H11F3N2S2. The fourth-order valence-electron chi connectivity index (χ4n) is 1.75. The lowest BCUT2D eigenvalue weighted by molar-refractivity contribution is -0.0328. The second kappa shape index (κ2) is 4.97. The van der Waals surface area contributed by atoms with Crippen molar-refractivity contribution in [3.05, 3.63) is 28.5 Å². The van der Waals surface area contributed by atoms with Crippen molar-refractivity contribution in [2.75, 3.05) is 5.75 Å². The summed E-state index contributed by atoms with van der Waals surface area (Å²) < 4.78 is 38.4. The van der Waals surface area contributed by atoms with Gasteiger partial charge in [0, 0.05) is 12.3 Å². The number of fused-ring (bicyclic) bond motifs is 1. The van der Waals surface area contributed by atoms with Crippen molar-refractivity contribution in [1.29, 1.82) is 0 Å². The van der Waals surface area contributed by atoms with Crippen LogP contribution in [0.1, 0.15) is 5.56 Å². The number of imidazole rings is 1. The summed E-state index contributed by atoms with van der Waals surface area (Å²) in [4.78, 5) is 3.00. The monoisotopic (exact) mass is 292 g/mol. The first kappa shape index (κ1) is 13.5. The predicted molar refractivity (Wildman–Crippen MR) is 70.4 cm³/mol. The zero-order chi connectivity index (χ0) is 13.3. The van der Waals surface area contributed by atoms with Crippen LogP contribution in [0.4, 0.5) is 13.2 Å². The minimum absolute atomic E-state index is 0.0288. The van der Waals surface area contributed by atoms with Gasteiger partial charge in [-0.3, -0.25) is 0 Å². The zero-order valence-electron chi connectivity index (χ0n) is 9.54. The van der Waals surface area contributed by atoms with Crippen molar-refractivity contribution in [2.45, 2.75) is 19.0 Å². The van der Waals surface area contributed by atoms with Gasteiger partial charge in [0.05, 0.1) is 11.0 Å². The fourth-order valence-corrected chi connectivity index (χ4v) is 2.56. The molecule has 1 aromatic carbocycles. The Morgan fingerprint density at radius 3 is 2.78 bits per heavy atom. The van der Waals surface area contributed by atoms with Gasteiger partial charge in [-0.15, -0.1) is 0 Å². The van der Waals surface area contributed by atoms with Gasteiger partial charge in [-0.1, -0.05) is 6.07 Å². The SMILES string of the molecule is Cc1ccc2c(c1)[nH]c(=S)n2CCSC(F)(F)F. The Balaban J connectivity index is 2.23. The normalized spacial score (nSPS) is 12.2. The first-order valence-electron chi connectivity index (χ1n) is 5.27. The van der Waals surface area contributed by atoms with E-state index in [4.69, 9.17) is 12.2 Å². The maximum absolute atomic E-state index is 12.1. The zero-order valence-corrected chi connectivity index (χ0v) is 11.2. The molecule has 2 aromatic rings. The Kier molecular flexibility index (Phi) is 3.72. The average molecular weight is 292 g/mol. The minimum atomic E-state index is -4.19. The van der Waals surface area contributed by atoms with Gasteiger partial charge >= 0.3 is 5.51 Å². The van der Waals surface area contributed by atoms with Crippen molar-refractivity contribution < 1.29 is 13.2 Å². The molecule has 0 amide bonds. The van der Waals surface area contributed by atoms with Crippen LogP contribution in [0.25, 0.3) is 11.0 Å². The topological polar surface area (TPSA) is 20.7 Å². The average Bonchev–Trinajstić information content (AvgIpc) is 2.52. The van der Waals surface area contributed by atoms with Crippen LogP contribution in [0, 0.1) is 11.7 Å². The third kappa shape index (κ3) is 3.08. The van der Waals surface area contributed by atoms with Gasteiger partial charge in [-0.25, -0.2) is 0 Å². The summed E-state index contributed by atoms with van der Waals surface area (Å²) in [6.45, 7) is 2.19. The van der Waals surface area contributed by atoms with E-state index in [1.54, 1.807) is 4.57 Å². The first-order valence-corrected chi connectivity index (χ1v) is 6.66. The van der Waals surface area contributed by atoms with Crippen LogP contribution < -0.4 is 0 Å². The van der Waals surface area contributed by atoms with Crippen LogP contribution in [-0.2, 0) is 6.54 Å². The Morgan fingerprint density at radius 2 is 2.11 bits per heavy atom. The van der Waals surface area contributed by atoms with Crippen LogP contribution in [0.2, 0.25) is 0 Å². The fraction of sp³-hybridized carbons (Fsp3) is 0.364. The number of alkyl halides is 3. The summed E-state index contributed by atoms with van der Waals surface area (Å²) in [5.41, 5.74) is -1.41. The predicted octanol–water partition coefficient (Wildman–Crippen LogP) is 4.26. The molecule has 0 aliphatic heterocycles. The molecule has 98 valence electrons. The Labute approximate surface area is 111 Å². The molecule has 0 fully saturated rings. The number of aromatic nitrogens is 2. The van der Waals surface area contributed by atoms with Crippen molar-refractivity contribution >= 4 is 35.0 Å². The van der Waals surface area contributed by atoms with Crippen LogP contribution >= 0.6 is 24.0 Å². The molecule has 0 bridgehead atoms. The Bertz CT molecular complexity index is 613. The molecule has 0 radical (unpaired) electrons. The molecule has 0 saturated carbocycles. The molecule has 1 heterocycles. The van der Waals surface area contributed by atoms with E-state index in [2.05, 4.69) is 4.98 Å². The maximum Gasteiger partial charge on any atom is 0.441 e. The van der Waals surface area contributed by atoms with Crippen LogP contribution in [0.5, 0.6) is 0 Å². The van der Waals surface area contributed by atoms with Crippen LogP contribution in [0.15, 0.2) is 18.2 Å². The summed E-state index contributed by atoms with van der Waals surface area (Å²) in [6.07, 6.45) is 0. The van der Waals surface area contributed by atoms with E-state index in [0.717, 1.165) is 16.6 Å². The highest BCUT2D eigenvalue weighted by atomic mass is 32.2. The molecule has 7 heteroatoms. The highest BCUT2D eigenvalue weighted by Gasteiger charge is 2.27. The van der Waals surface area contributed by atoms with Crippen molar-refractivity contribution in [3.8, 4) is 0 Å². The highest BCUT2D eigenvalue weighted by molar-refractivity contribution is 8.00. The minimum Gasteiger partial charge on any atom is -0.331 e. The number of hydrogen-bond acceptors (Lipinski definition) is 2. The summed E-state index contributed by atoms with van der Waals surface area (Å²) in [5, 5.41) is 0. The van der Waals surface area contributed by atoms with Crippen LogP contribution in [0.3, 0.4) is 0 Å². The Hall–Kier alpha value is -0.950. The number of nitrogens with zero attached hydrogens (tertiary/aromatic N) is 1.